The summed E-state index contributed by atoms with van der Waals surface area (Å²) in [5.74, 6) is 5.85. The summed E-state index contributed by atoms with van der Waals surface area (Å²) < 4.78 is 1.65. The normalized spacial score (nSPS) is 11.8. The second-order valence-electron chi connectivity index (χ2n) is 3.76. The molecular formula is C16H26N2. The van der Waals surface area contributed by atoms with E-state index >= 15 is 0 Å². The lowest BCUT2D eigenvalue weighted by Crippen LogP contribution is -2.08. The third-order valence-corrected chi connectivity index (χ3v) is 2.76. The summed E-state index contributed by atoms with van der Waals surface area (Å²) in [6.45, 7) is 14.0. The van der Waals surface area contributed by atoms with Crippen molar-refractivity contribution in [1.82, 2.24) is 4.68 Å². The van der Waals surface area contributed by atoms with Gasteiger partial charge in [-0.1, -0.05) is 39.5 Å². The molecule has 2 heteroatoms. The molecule has 2 N–H and O–H groups in total. The lowest BCUT2D eigenvalue weighted by molar-refractivity contribution is 0.993. The van der Waals surface area contributed by atoms with Gasteiger partial charge in [-0.25, -0.2) is 0 Å². The summed E-state index contributed by atoms with van der Waals surface area (Å²) in [5, 5.41) is 0. The van der Waals surface area contributed by atoms with Gasteiger partial charge in [-0.05, 0) is 49.1 Å². The number of nitrogens with zero attached hydrogens (tertiary/aromatic N) is 1. The van der Waals surface area contributed by atoms with E-state index in [-0.39, 0.29) is 0 Å². The SMILES string of the molecule is C=CC(=C\C)/C(=C/c1c(C)ccn1N)CC.CC. The molecule has 0 atom stereocenters. The van der Waals surface area contributed by atoms with Crippen LogP contribution in [0.3, 0.4) is 0 Å². The van der Waals surface area contributed by atoms with Gasteiger partial charge in [-0.2, -0.15) is 0 Å². The maximum atomic E-state index is 5.85. The van der Waals surface area contributed by atoms with Gasteiger partial charge in [0.1, 0.15) is 0 Å². The first kappa shape index (κ1) is 16.3. The maximum absolute atomic E-state index is 5.85. The summed E-state index contributed by atoms with van der Waals surface area (Å²) in [4.78, 5) is 0. The molecule has 18 heavy (non-hydrogen) atoms. The Morgan fingerprint density at radius 1 is 1.44 bits per heavy atom. The first-order valence-electron chi connectivity index (χ1n) is 6.56. The molecule has 1 aromatic heterocycles. The van der Waals surface area contributed by atoms with Crippen LogP contribution in [0.4, 0.5) is 0 Å². The first-order valence-corrected chi connectivity index (χ1v) is 6.56. The van der Waals surface area contributed by atoms with E-state index in [0.29, 0.717) is 0 Å². The van der Waals surface area contributed by atoms with E-state index in [9.17, 15) is 0 Å². The molecule has 1 aromatic rings. The summed E-state index contributed by atoms with van der Waals surface area (Å²) >= 11 is 0. The fraction of sp³-hybridized carbons (Fsp3) is 0.375. The van der Waals surface area contributed by atoms with Crippen molar-refractivity contribution in [2.75, 3.05) is 5.84 Å². The van der Waals surface area contributed by atoms with E-state index < -0.39 is 0 Å². The van der Waals surface area contributed by atoms with Gasteiger partial charge >= 0.3 is 0 Å². The van der Waals surface area contributed by atoms with Gasteiger partial charge in [-0.15, -0.1) is 0 Å². The summed E-state index contributed by atoms with van der Waals surface area (Å²) in [6.07, 6.45) is 8.93. The Morgan fingerprint density at radius 2 is 2.06 bits per heavy atom. The van der Waals surface area contributed by atoms with Crippen LogP contribution >= 0.6 is 0 Å². The van der Waals surface area contributed by atoms with Gasteiger partial charge in [0, 0.05) is 6.20 Å². The highest BCUT2D eigenvalue weighted by Crippen LogP contribution is 2.20. The second-order valence-corrected chi connectivity index (χ2v) is 3.76. The van der Waals surface area contributed by atoms with E-state index in [2.05, 4.69) is 32.6 Å². The largest absolute Gasteiger partial charge is 0.339 e. The highest BCUT2D eigenvalue weighted by molar-refractivity contribution is 5.60. The van der Waals surface area contributed by atoms with Crippen molar-refractivity contribution in [2.24, 2.45) is 0 Å². The fourth-order valence-corrected chi connectivity index (χ4v) is 1.74. The number of hydrogen-bond acceptors (Lipinski definition) is 1. The minimum Gasteiger partial charge on any atom is -0.339 e. The third kappa shape index (κ3) is 3.95. The molecule has 0 saturated carbocycles. The van der Waals surface area contributed by atoms with Gasteiger partial charge in [0.15, 0.2) is 0 Å². The number of aromatic nitrogens is 1. The summed E-state index contributed by atoms with van der Waals surface area (Å²) in [5.41, 5.74) is 4.67. The fourth-order valence-electron chi connectivity index (χ4n) is 1.74. The molecule has 100 valence electrons. The number of hydrogen-bond donors (Lipinski definition) is 1. The number of allylic oxidation sites excluding steroid dienone is 4. The third-order valence-electron chi connectivity index (χ3n) is 2.76. The molecule has 0 radical (unpaired) electrons. The first-order chi connectivity index (χ1) is 8.63. The predicted molar refractivity (Wildman–Crippen MR) is 82.9 cm³/mol. The smallest absolute Gasteiger partial charge is 0.0649 e. The second kappa shape index (κ2) is 8.40. The van der Waals surface area contributed by atoms with Crippen LogP contribution in [0.5, 0.6) is 0 Å². The highest BCUT2D eigenvalue weighted by atomic mass is 15.3. The Hall–Kier alpha value is -1.70. The van der Waals surface area contributed by atoms with Crippen LogP contribution in [0.25, 0.3) is 6.08 Å². The van der Waals surface area contributed by atoms with E-state index in [1.165, 1.54) is 16.7 Å². The van der Waals surface area contributed by atoms with Gasteiger partial charge in [0.05, 0.1) is 5.69 Å². The molecule has 0 aliphatic heterocycles. The van der Waals surface area contributed by atoms with Crippen molar-refractivity contribution in [1.29, 1.82) is 0 Å². The molecule has 1 rings (SSSR count). The Labute approximate surface area is 111 Å². The zero-order valence-corrected chi connectivity index (χ0v) is 12.3. The topological polar surface area (TPSA) is 30.9 Å². The number of aryl methyl sites for hydroxylation is 1. The van der Waals surface area contributed by atoms with Crippen molar-refractivity contribution in [3.05, 3.63) is 53.4 Å². The van der Waals surface area contributed by atoms with E-state index in [4.69, 9.17) is 5.84 Å². The van der Waals surface area contributed by atoms with Crippen LogP contribution in [0.2, 0.25) is 0 Å². The van der Waals surface area contributed by atoms with Crippen LogP contribution in [0.1, 0.15) is 45.4 Å². The monoisotopic (exact) mass is 246 g/mol. The van der Waals surface area contributed by atoms with Crippen LogP contribution in [0.15, 0.2) is 42.1 Å². The minimum absolute atomic E-state index is 0.969. The lowest BCUT2D eigenvalue weighted by atomic mass is 10.0. The molecule has 0 amide bonds. The number of nitrogens with two attached hydrogens (primary N) is 1. The van der Waals surface area contributed by atoms with Crippen LogP contribution in [0, 0.1) is 6.92 Å². The minimum atomic E-state index is 0.969. The number of nitrogen functional groups attached to an aromatic ring is 1. The molecule has 0 aromatic carbocycles. The molecule has 0 saturated heterocycles. The Balaban J connectivity index is 0.00000137. The van der Waals surface area contributed by atoms with Crippen LogP contribution in [-0.4, -0.2) is 4.68 Å². The average Bonchev–Trinajstić information content (AvgIpc) is 2.72. The van der Waals surface area contributed by atoms with Gasteiger partial charge < -0.3 is 5.84 Å². The Bertz CT molecular complexity index is 414. The van der Waals surface area contributed by atoms with Gasteiger partial charge in [-0.3, -0.25) is 4.68 Å². The molecule has 0 unspecified atom stereocenters. The van der Waals surface area contributed by atoms with Gasteiger partial charge in [0.25, 0.3) is 0 Å². The standard InChI is InChI=1S/C14H20N2.C2H6/c1-5-12(6-2)13(7-3)10-14-11(4)8-9-16(14)15;1-2/h5-6,8-10H,1,7,15H2,2-4H3;1-2H3/b12-6+,13-10+;. The van der Waals surface area contributed by atoms with Crippen molar-refractivity contribution < 1.29 is 0 Å². The maximum Gasteiger partial charge on any atom is 0.0649 e. The van der Waals surface area contributed by atoms with Crippen molar-refractivity contribution in [3.8, 4) is 0 Å². The van der Waals surface area contributed by atoms with E-state index in [1.54, 1.807) is 4.68 Å². The van der Waals surface area contributed by atoms with E-state index in [1.807, 2.05) is 39.1 Å². The average molecular weight is 246 g/mol. The molecule has 0 aliphatic rings. The Morgan fingerprint density at radius 3 is 2.39 bits per heavy atom. The zero-order chi connectivity index (χ0) is 14.1. The summed E-state index contributed by atoms with van der Waals surface area (Å²) in [7, 11) is 0. The quantitative estimate of drug-likeness (QED) is 0.617. The zero-order valence-electron chi connectivity index (χ0n) is 12.3. The Kier molecular flexibility index (Phi) is 7.61. The highest BCUT2D eigenvalue weighted by Gasteiger charge is 2.04. The van der Waals surface area contributed by atoms with Crippen molar-refractivity contribution >= 4 is 6.08 Å². The molecule has 2 nitrogen and oxygen atoms in total. The molecular weight excluding hydrogens is 220 g/mol. The molecule has 0 aliphatic carbocycles. The number of rotatable bonds is 4. The lowest BCUT2D eigenvalue weighted by Gasteiger charge is -2.07. The molecule has 0 bridgehead atoms. The van der Waals surface area contributed by atoms with Crippen molar-refractivity contribution in [3.63, 3.8) is 0 Å². The molecule has 0 fully saturated rings. The van der Waals surface area contributed by atoms with Crippen LogP contribution < -0.4 is 5.84 Å². The predicted octanol–water partition coefficient (Wildman–Crippen LogP) is 4.46. The van der Waals surface area contributed by atoms with E-state index in [0.717, 1.165) is 12.1 Å². The molecule has 1 heterocycles. The molecule has 0 spiro atoms. The summed E-state index contributed by atoms with van der Waals surface area (Å²) in [6, 6.07) is 2.02. The van der Waals surface area contributed by atoms with Crippen LogP contribution in [-0.2, 0) is 0 Å². The van der Waals surface area contributed by atoms with Crippen molar-refractivity contribution in [2.45, 2.75) is 41.0 Å². The van der Waals surface area contributed by atoms with Gasteiger partial charge in [0.2, 0.25) is 0 Å².